The summed E-state index contributed by atoms with van der Waals surface area (Å²) in [5.74, 6) is -4.03. The van der Waals surface area contributed by atoms with Gasteiger partial charge in [0, 0.05) is 18.4 Å². The van der Waals surface area contributed by atoms with Gasteiger partial charge in [-0.25, -0.2) is 4.79 Å². The van der Waals surface area contributed by atoms with Gasteiger partial charge in [-0.05, 0) is 0 Å². The van der Waals surface area contributed by atoms with E-state index in [4.69, 9.17) is 0 Å². The molecule has 0 aromatic carbocycles. The molecule has 2 N–H and O–H groups in total. The number of nitrogens with one attached hydrogen (secondary N) is 1. The number of halogens is 2. The number of hydrogen-bond acceptors (Lipinski definition) is 7. The van der Waals surface area contributed by atoms with E-state index in [0.29, 0.717) is 10.8 Å². The van der Waals surface area contributed by atoms with Crippen molar-refractivity contribution < 1.29 is 92.1 Å². The normalized spacial score (nSPS) is 26.2. The smallest absolute Gasteiger partial charge is 0.811 e. The molecule has 118 valence electrons. The number of aliphatic hydroxyl groups is 1. The number of aliphatic hydroxyl groups excluding tert-OH is 1. The van der Waals surface area contributed by atoms with Gasteiger partial charge in [0.2, 0.25) is 6.23 Å². The molecule has 0 amide bonds. The van der Waals surface area contributed by atoms with E-state index in [2.05, 4.69) is 4.74 Å². The van der Waals surface area contributed by atoms with Crippen molar-refractivity contribution in [2.75, 3.05) is 6.16 Å². The van der Waals surface area contributed by atoms with Crippen molar-refractivity contribution in [1.82, 2.24) is 9.55 Å². The summed E-state index contributed by atoms with van der Waals surface area (Å²) < 4.78 is 43.3. The van der Waals surface area contributed by atoms with Crippen molar-refractivity contribution in [1.29, 1.82) is 0 Å². The van der Waals surface area contributed by atoms with Crippen LogP contribution in [0.2, 0.25) is 0 Å². The molecular weight excluding hydrogens is 363 g/mol. The molecule has 1 aromatic rings. The minimum Gasteiger partial charge on any atom is -0.811 e. The van der Waals surface area contributed by atoms with Crippen molar-refractivity contribution in [3.8, 4) is 0 Å². The predicted octanol–water partition coefficient (Wildman–Crippen LogP) is -8.65. The number of nitrogens with zero attached hydrogens (tertiary/aromatic N) is 1. The zero-order valence-electron chi connectivity index (χ0n) is 12.1. The molecule has 1 saturated heterocycles. The first-order valence-corrected chi connectivity index (χ1v) is 7.29. The van der Waals surface area contributed by atoms with E-state index < -0.39 is 49.4 Å². The Morgan fingerprint density at radius 2 is 1.96 bits per heavy atom. The predicted molar refractivity (Wildman–Crippen MR) is 58.7 cm³/mol. The fourth-order valence-corrected chi connectivity index (χ4v) is 2.68. The molecule has 1 aromatic heterocycles. The summed E-state index contributed by atoms with van der Waals surface area (Å²) in [5.41, 5.74) is -2.06. The zero-order chi connectivity index (χ0) is 16.0. The Bertz CT molecular complexity index is 706. The Morgan fingerprint density at radius 3 is 2.43 bits per heavy atom. The first-order valence-electron chi connectivity index (χ1n) is 5.56. The van der Waals surface area contributed by atoms with Gasteiger partial charge in [-0.1, -0.05) is 7.60 Å². The fraction of sp³-hybridized carbons (Fsp3) is 0.556. The van der Waals surface area contributed by atoms with Crippen LogP contribution in [0.1, 0.15) is 6.23 Å². The third kappa shape index (κ3) is 5.29. The van der Waals surface area contributed by atoms with Gasteiger partial charge in [0.05, 0.1) is 6.10 Å². The second-order valence-electron chi connectivity index (χ2n) is 4.46. The minimum absolute atomic E-state index is 0. The first kappa shape index (κ1) is 23.6. The van der Waals surface area contributed by atoms with E-state index in [-0.39, 0.29) is 59.1 Å². The Hall–Kier alpha value is 0.610. The molecule has 3 atom stereocenters. The van der Waals surface area contributed by atoms with Crippen molar-refractivity contribution in [3.63, 3.8) is 0 Å². The fourth-order valence-electron chi connectivity index (χ4n) is 1.95. The van der Waals surface area contributed by atoms with Crippen molar-refractivity contribution in [3.05, 3.63) is 33.1 Å². The third-order valence-corrected chi connectivity index (χ3v) is 3.69. The molecule has 2 rings (SSSR count). The largest absolute Gasteiger partial charge is 1.00 e. The van der Waals surface area contributed by atoms with Crippen LogP contribution >= 0.6 is 7.60 Å². The van der Waals surface area contributed by atoms with Crippen LogP contribution in [0.4, 0.5) is 8.78 Å². The van der Waals surface area contributed by atoms with Crippen molar-refractivity contribution in [2.24, 2.45) is 0 Å². The molecule has 2 heterocycles. The maximum atomic E-state index is 13.9. The summed E-state index contributed by atoms with van der Waals surface area (Å²) in [6, 6.07) is 0.770. The van der Waals surface area contributed by atoms with E-state index >= 15 is 0 Å². The number of aromatic amines is 1. The molecule has 1 aliphatic heterocycles. The Labute approximate surface area is 171 Å². The summed E-state index contributed by atoms with van der Waals surface area (Å²) in [6.07, 6.45) is -7.54. The Morgan fingerprint density at radius 1 is 1.39 bits per heavy atom. The molecule has 23 heavy (non-hydrogen) atoms. The van der Waals surface area contributed by atoms with E-state index in [1.54, 1.807) is 4.98 Å². The number of hydrogen-bond donors (Lipinski definition) is 2. The van der Waals surface area contributed by atoms with Gasteiger partial charge in [0.1, 0.15) is 6.10 Å². The molecule has 0 unspecified atom stereocenters. The quantitative estimate of drug-likeness (QED) is 0.396. The van der Waals surface area contributed by atoms with Gasteiger partial charge in [-0.3, -0.25) is 14.3 Å². The van der Waals surface area contributed by atoms with Gasteiger partial charge in [0.25, 0.3) is 5.56 Å². The van der Waals surface area contributed by atoms with Crippen LogP contribution < -0.4 is 80.2 Å². The number of rotatable bonds is 3. The summed E-state index contributed by atoms with van der Waals surface area (Å²) >= 11 is 0. The summed E-state index contributed by atoms with van der Waals surface area (Å²) in [6.45, 7) is 0. The number of ether oxygens (including phenoxy) is 1. The summed E-state index contributed by atoms with van der Waals surface area (Å²) in [4.78, 5) is 45.3. The molecule has 0 spiro atoms. The molecule has 1 aliphatic rings. The standard InChI is InChI=1S/C9H11F2N2O7P.2Na/c10-9(11)6(15)4(3-21(17,18)19)20-7(9)13-2-1-5(14)12-8(13)16;;/h1-2,4,6-7,15H,3H2,(H,12,14,16)(H2,17,18,19);;/q;2*+1/p-2/t4-,6-,7-;;/m1../s1. The van der Waals surface area contributed by atoms with Crippen LogP contribution in [0.5, 0.6) is 0 Å². The van der Waals surface area contributed by atoms with Gasteiger partial charge >= 0.3 is 70.7 Å². The van der Waals surface area contributed by atoms with Crippen LogP contribution in [0.15, 0.2) is 21.9 Å². The maximum absolute atomic E-state index is 13.9. The van der Waals surface area contributed by atoms with Crippen molar-refractivity contribution >= 4 is 7.60 Å². The molecule has 0 aliphatic carbocycles. The van der Waals surface area contributed by atoms with Crippen LogP contribution in [-0.2, 0) is 9.30 Å². The van der Waals surface area contributed by atoms with Crippen LogP contribution in [0, 0.1) is 0 Å². The average molecular weight is 372 g/mol. The number of alkyl halides is 2. The molecule has 1 fully saturated rings. The minimum atomic E-state index is -5.21. The van der Waals surface area contributed by atoms with E-state index in [9.17, 15) is 37.8 Å². The van der Waals surface area contributed by atoms with Crippen LogP contribution in [0.25, 0.3) is 0 Å². The molecule has 0 radical (unpaired) electrons. The SMILES string of the molecule is O=c1ccn([C@@H]2O[C@H](CP(=O)([O-])[O-])[C@@H](O)C2(F)F)c(=O)[nH]1.[Na+].[Na+]. The monoisotopic (exact) mass is 372 g/mol. The number of H-pyrrole nitrogens is 1. The van der Waals surface area contributed by atoms with Crippen LogP contribution in [0.3, 0.4) is 0 Å². The first-order chi connectivity index (χ1) is 9.52. The molecule has 9 nitrogen and oxygen atoms in total. The average Bonchev–Trinajstić information content (AvgIpc) is 2.51. The van der Waals surface area contributed by atoms with E-state index in [0.717, 1.165) is 6.07 Å². The summed E-state index contributed by atoms with van der Waals surface area (Å²) in [7, 11) is -5.21. The van der Waals surface area contributed by atoms with Crippen molar-refractivity contribution in [2.45, 2.75) is 24.4 Å². The van der Waals surface area contributed by atoms with E-state index in [1.807, 2.05) is 0 Å². The second kappa shape index (κ2) is 8.33. The Kier molecular flexibility index (Phi) is 8.55. The Balaban J connectivity index is 0.00000242. The van der Waals surface area contributed by atoms with Gasteiger partial charge in [-0.15, -0.1) is 0 Å². The molecule has 14 heteroatoms. The molecule has 0 saturated carbocycles. The van der Waals surface area contributed by atoms with Crippen LogP contribution in [-0.4, -0.2) is 38.9 Å². The zero-order valence-corrected chi connectivity index (χ0v) is 17.0. The van der Waals surface area contributed by atoms with Gasteiger partial charge in [0.15, 0.2) is 0 Å². The maximum Gasteiger partial charge on any atom is 1.00 e. The molecular formula is C9H9F2N2Na2O7P. The van der Waals surface area contributed by atoms with E-state index in [1.165, 1.54) is 0 Å². The topological polar surface area (TPSA) is 148 Å². The van der Waals surface area contributed by atoms with Gasteiger partial charge in [-0.2, -0.15) is 8.78 Å². The summed E-state index contributed by atoms with van der Waals surface area (Å²) in [5, 5.41) is 9.40. The number of aromatic nitrogens is 2. The van der Waals surface area contributed by atoms with Gasteiger partial charge < -0.3 is 24.2 Å². The molecule has 0 bridgehead atoms. The third-order valence-electron chi connectivity index (χ3n) is 2.89. The second-order valence-corrected chi connectivity index (χ2v) is 6.04.